The number of carbonyl (C=O) groups is 1. The Balaban J connectivity index is 1.57. The maximum absolute atomic E-state index is 13.0. The van der Waals surface area contributed by atoms with Crippen molar-refractivity contribution >= 4 is 37.9 Å². The molecule has 9 nitrogen and oxygen atoms in total. The van der Waals surface area contributed by atoms with Gasteiger partial charge in [-0.25, -0.2) is 13.4 Å². The highest BCUT2D eigenvalue weighted by Crippen LogP contribution is 2.33. The molecule has 2 heterocycles. The van der Waals surface area contributed by atoms with Gasteiger partial charge in [-0.05, 0) is 38.8 Å². The molecule has 0 bridgehead atoms. The van der Waals surface area contributed by atoms with Gasteiger partial charge in [-0.15, -0.1) is 0 Å². The van der Waals surface area contributed by atoms with Gasteiger partial charge < -0.3 is 14.7 Å². The molecule has 1 atom stereocenters. The molecule has 2 N–H and O–H groups in total. The number of oxime groups is 1. The summed E-state index contributed by atoms with van der Waals surface area (Å²) in [4.78, 5) is 23.5. The fraction of sp³-hybridized carbons (Fsp3) is 0.476. The summed E-state index contributed by atoms with van der Waals surface area (Å²) in [5.74, 6) is -0.557. The topological polar surface area (TPSA) is 127 Å². The van der Waals surface area contributed by atoms with Gasteiger partial charge in [0.15, 0.2) is 26.8 Å². The minimum atomic E-state index is -3.33. The van der Waals surface area contributed by atoms with E-state index in [-0.39, 0.29) is 22.0 Å². The zero-order valence-corrected chi connectivity index (χ0v) is 19.4. The van der Waals surface area contributed by atoms with Crippen LogP contribution in [0.1, 0.15) is 43.6 Å². The highest BCUT2D eigenvalue weighted by molar-refractivity contribution is 7.92. The summed E-state index contributed by atoms with van der Waals surface area (Å²) in [6, 6.07) is 6.07. The van der Waals surface area contributed by atoms with Gasteiger partial charge in [0.05, 0.1) is 33.8 Å². The van der Waals surface area contributed by atoms with Crippen molar-refractivity contribution in [3.05, 3.63) is 40.9 Å². The van der Waals surface area contributed by atoms with Crippen LogP contribution in [-0.2, 0) is 29.8 Å². The molecule has 1 aromatic heterocycles. The average Bonchev–Trinajstić information content (AvgIpc) is 3.28. The molecule has 1 aromatic carbocycles. The van der Waals surface area contributed by atoms with Gasteiger partial charge in [0.25, 0.3) is 5.91 Å². The Morgan fingerprint density at radius 1 is 1.28 bits per heavy atom. The van der Waals surface area contributed by atoms with Gasteiger partial charge in [0, 0.05) is 18.2 Å². The summed E-state index contributed by atoms with van der Waals surface area (Å²) in [6.07, 6.45) is 3.27. The molecule has 1 amide bonds. The largest absolute Gasteiger partial charge is 0.389 e. The molecule has 0 unspecified atom stereocenters. The maximum Gasteiger partial charge on any atom is 0.280 e. The highest BCUT2D eigenvalue weighted by Gasteiger charge is 2.36. The molecule has 2 aliphatic rings. The molecule has 2 aromatic rings. The number of aromatic nitrogens is 1. The fourth-order valence-electron chi connectivity index (χ4n) is 3.09. The van der Waals surface area contributed by atoms with E-state index < -0.39 is 21.3 Å². The van der Waals surface area contributed by atoms with E-state index in [0.29, 0.717) is 48.0 Å². The SMILES string of the molecule is CC(C)(O)c1cnc(NC(=O)/C(=N/O[C@@H]2CCOC2)c2ccc(S(=O)(=O)C3CC3)cc2)s1. The molecule has 0 spiro atoms. The van der Waals surface area contributed by atoms with E-state index in [0.717, 1.165) is 11.3 Å². The number of thiazole rings is 1. The van der Waals surface area contributed by atoms with Crippen LogP contribution < -0.4 is 5.32 Å². The Labute approximate surface area is 190 Å². The van der Waals surface area contributed by atoms with Crippen molar-refractivity contribution in [2.75, 3.05) is 18.5 Å². The van der Waals surface area contributed by atoms with Crippen LogP contribution in [0.25, 0.3) is 0 Å². The number of aliphatic hydroxyl groups is 1. The van der Waals surface area contributed by atoms with Gasteiger partial charge >= 0.3 is 0 Å². The Bertz CT molecular complexity index is 1110. The lowest BCUT2D eigenvalue weighted by molar-refractivity contribution is -0.110. The van der Waals surface area contributed by atoms with Crippen molar-refractivity contribution in [1.29, 1.82) is 0 Å². The molecule has 1 saturated heterocycles. The number of sulfone groups is 1. The number of nitrogens with one attached hydrogen (secondary N) is 1. The third-order valence-corrected chi connectivity index (χ3v) is 8.65. The second-order valence-corrected chi connectivity index (χ2v) is 11.6. The zero-order valence-electron chi connectivity index (χ0n) is 17.8. The number of hydrogen-bond donors (Lipinski definition) is 2. The molecular weight excluding hydrogens is 454 g/mol. The monoisotopic (exact) mass is 479 g/mol. The van der Waals surface area contributed by atoms with Crippen molar-refractivity contribution in [2.45, 2.75) is 55.0 Å². The molecule has 2 fully saturated rings. The molecule has 1 aliphatic carbocycles. The van der Waals surface area contributed by atoms with E-state index in [2.05, 4.69) is 15.5 Å². The molecule has 11 heteroatoms. The van der Waals surface area contributed by atoms with E-state index >= 15 is 0 Å². The number of nitrogens with zero attached hydrogens (tertiary/aromatic N) is 2. The predicted molar refractivity (Wildman–Crippen MR) is 119 cm³/mol. The zero-order chi connectivity index (χ0) is 22.9. The first-order valence-electron chi connectivity index (χ1n) is 10.3. The van der Waals surface area contributed by atoms with Crippen LogP contribution >= 0.6 is 11.3 Å². The Morgan fingerprint density at radius 2 is 2.00 bits per heavy atom. The normalized spacial score (nSPS) is 19.7. The number of rotatable bonds is 8. The number of anilines is 1. The van der Waals surface area contributed by atoms with Crippen LogP contribution in [0.5, 0.6) is 0 Å². The van der Waals surface area contributed by atoms with Gasteiger partial charge in [0.1, 0.15) is 0 Å². The average molecular weight is 480 g/mol. The summed E-state index contributed by atoms with van der Waals surface area (Å²) in [5, 5.41) is 16.9. The van der Waals surface area contributed by atoms with Crippen LogP contribution in [0.4, 0.5) is 5.13 Å². The number of ether oxygens (including phenoxy) is 1. The summed E-state index contributed by atoms with van der Waals surface area (Å²) < 4.78 is 30.2. The Hall–Kier alpha value is -2.34. The van der Waals surface area contributed by atoms with Gasteiger partial charge in [-0.1, -0.05) is 28.6 Å². The van der Waals surface area contributed by atoms with Gasteiger partial charge in [-0.2, -0.15) is 0 Å². The smallest absolute Gasteiger partial charge is 0.280 e. The van der Waals surface area contributed by atoms with E-state index in [1.807, 2.05) is 0 Å². The van der Waals surface area contributed by atoms with Crippen molar-refractivity contribution < 1.29 is 27.9 Å². The molecular formula is C21H25N3O6S2. The lowest BCUT2D eigenvalue weighted by atomic mass is 10.1. The standard InChI is InChI=1S/C21H25N3O6S2/c1-21(2,26)17-11-22-20(31-17)23-19(25)18(24-30-14-9-10-29-12-14)13-3-5-15(6-4-13)32(27,28)16-7-8-16/h3-6,11,14,16,26H,7-10,12H2,1-2H3,(H,22,23,25)/b24-18+/t14-/m1/s1. The van der Waals surface area contributed by atoms with Crippen LogP contribution in [0.2, 0.25) is 0 Å². The summed E-state index contributed by atoms with van der Waals surface area (Å²) in [5.41, 5.74) is -0.672. The second kappa shape index (κ2) is 8.89. The number of hydrogen-bond acceptors (Lipinski definition) is 9. The van der Waals surface area contributed by atoms with E-state index in [1.54, 1.807) is 26.0 Å². The van der Waals surface area contributed by atoms with Crippen LogP contribution in [-0.4, -0.2) is 54.7 Å². The van der Waals surface area contributed by atoms with Crippen LogP contribution in [0.3, 0.4) is 0 Å². The quantitative estimate of drug-likeness (QED) is 0.440. The first-order valence-corrected chi connectivity index (χ1v) is 12.7. The number of benzene rings is 1. The molecule has 172 valence electrons. The number of carbonyl (C=O) groups excluding carboxylic acids is 1. The first kappa shape index (κ1) is 22.8. The second-order valence-electron chi connectivity index (χ2n) is 8.34. The van der Waals surface area contributed by atoms with Crippen molar-refractivity contribution in [3.8, 4) is 0 Å². The molecule has 1 saturated carbocycles. The first-order chi connectivity index (χ1) is 15.1. The molecule has 0 radical (unpaired) electrons. The Morgan fingerprint density at radius 3 is 2.56 bits per heavy atom. The molecule has 32 heavy (non-hydrogen) atoms. The third kappa shape index (κ3) is 5.17. The minimum Gasteiger partial charge on any atom is -0.389 e. The van der Waals surface area contributed by atoms with Crippen molar-refractivity contribution in [1.82, 2.24) is 4.98 Å². The predicted octanol–water partition coefficient (Wildman–Crippen LogP) is 2.45. The van der Waals surface area contributed by atoms with Crippen LogP contribution in [0.15, 0.2) is 40.5 Å². The number of amides is 1. The maximum atomic E-state index is 13.0. The van der Waals surface area contributed by atoms with Crippen molar-refractivity contribution in [2.24, 2.45) is 5.16 Å². The molecule has 1 aliphatic heterocycles. The van der Waals surface area contributed by atoms with Gasteiger partial charge in [-0.3, -0.25) is 10.1 Å². The fourth-order valence-corrected chi connectivity index (χ4v) is 5.56. The van der Waals surface area contributed by atoms with E-state index in [1.165, 1.54) is 18.3 Å². The van der Waals surface area contributed by atoms with E-state index in [9.17, 15) is 18.3 Å². The third-order valence-electron chi connectivity index (χ3n) is 5.14. The lowest BCUT2D eigenvalue weighted by Crippen LogP contribution is -2.25. The minimum absolute atomic E-state index is 0.00715. The van der Waals surface area contributed by atoms with Crippen LogP contribution in [0, 0.1) is 0 Å². The summed E-state index contributed by atoms with van der Waals surface area (Å²) in [7, 11) is -3.33. The lowest BCUT2D eigenvalue weighted by Gasteiger charge is -2.13. The van der Waals surface area contributed by atoms with E-state index in [4.69, 9.17) is 9.57 Å². The summed E-state index contributed by atoms with van der Waals surface area (Å²) in [6.45, 7) is 4.22. The van der Waals surface area contributed by atoms with Gasteiger partial charge in [0.2, 0.25) is 0 Å². The highest BCUT2D eigenvalue weighted by atomic mass is 32.2. The summed E-state index contributed by atoms with van der Waals surface area (Å²) >= 11 is 1.15. The Kier molecular flexibility index (Phi) is 6.35. The molecule has 4 rings (SSSR count). The van der Waals surface area contributed by atoms with Crippen molar-refractivity contribution in [3.63, 3.8) is 0 Å².